The van der Waals surface area contributed by atoms with Gasteiger partial charge in [0.1, 0.15) is 23.0 Å². The maximum Gasteiger partial charge on any atom is 0.292 e. The van der Waals surface area contributed by atoms with Gasteiger partial charge in [-0.1, -0.05) is 18.2 Å². The van der Waals surface area contributed by atoms with Crippen molar-refractivity contribution < 1.29 is 18.7 Å². The molecule has 0 bridgehead atoms. The maximum atomic E-state index is 13.8. The number of aromatic amines is 1. The summed E-state index contributed by atoms with van der Waals surface area (Å²) in [5.74, 6) is 1.19. The van der Waals surface area contributed by atoms with Gasteiger partial charge in [-0.3, -0.25) is 4.79 Å². The molecule has 8 nitrogen and oxygen atoms in total. The van der Waals surface area contributed by atoms with E-state index in [0.29, 0.717) is 24.6 Å². The van der Waals surface area contributed by atoms with Gasteiger partial charge in [-0.05, 0) is 45.6 Å². The summed E-state index contributed by atoms with van der Waals surface area (Å²) < 4.78 is 12.2. The molecule has 1 aromatic carbocycles. The number of imidazole rings is 1. The van der Waals surface area contributed by atoms with Crippen LogP contribution in [0.15, 0.2) is 39.4 Å². The highest BCUT2D eigenvalue weighted by Gasteiger charge is 2.43. The zero-order valence-corrected chi connectivity index (χ0v) is 18.9. The van der Waals surface area contributed by atoms with Crippen LogP contribution in [-0.2, 0) is 12.0 Å². The molecule has 6 rings (SSSR count). The number of hydrogen-bond acceptors (Lipinski definition) is 6. The lowest BCUT2D eigenvalue weighted by atomic mass is 9.95. The number of oxazole rings is 1. The second-order valence-electron chi connectivity index (χ2n) is 9.56. The van der Waals surface area contributed by atoms with E-state index in [1.54, 1.807) is 32.0 Å². The lowest BCUT2D eigenvalue weighted by molar-refractivity contribution is 0.0437. The molecular formula is C25H26N4O4. The number of para-hydroxylation sites is 1. The predicted octanol–water partition coefficient (Wildman–Crippen LogP) is 4.35. The number of furan rings is 1. The van der Waals surface area contributed by atoms with E-state index in [9.17, 15) is 9.90 Å². The number of carbonyl (C=O) groups excluding carboxylic acids is 1. The van der Waals surface area contributed by atoms with E-state index < -0.39 is 11.6 Å². The van der Waals surface area contributed by atoms with E-state index >= 15 is 0 Å². The summed E-state index contributed by atoms with van der Waals surface area (Å²) in [5.41, 5.74) is 2.99. The topological polar surface area (TPSA) is 108 Å². The van der Waals surface area contributed by atoms with Crippen molar-refractivity contribution in [2.24, 2.45) is 0 Å². The van der Waals surface area contributed by atoms with Crippen molar-refractivity contribution in [3.8, 4) is 0 Å². The summed E-state index contributed by atoms with van der Waals surface area (Å²) >= 11 is 0. The smallest absolute Gasteiger partial charge is 0.292 e. The standard InChI is InChI=1S/C25H26N4O4/c1-13-21(33-24(28-13)25(2,3)31)23(30)29-11-10-16-19(27-12-26-16)20(29)22-18(14-8-9-14)15-6-4-5-7-17(15)32-22/h4-7,12,14,20,31H,8-11H2,1-3H3,(H,26,27)/t20-/m1/s1. The van der Waals surface area contributed by atoms with E-state index in [1.807, 2.05) is 18.2 Å². The number of hydrogen-bond donors (Lipinski definition) is 2. The highest BCUT2D eigenvalue weighted by atomic mass is 16.4. The Morgan fingerprint density at radius 1 is 1.24 bits per heavy atom. The average molecular weight is 447 g/mol. The number of nitrogens with one attached hydrogen (secondary N) is 1. The number of carbonyl (C=O) groups is 1. The second-order valence-corrected chi connectivity index (χ2v) is 9.56. The van der Waals surface area contributed by atoms with Crippen LogP contribution >= 0.6 is 0 Å². The van der Waals surface area contributed by atoms with Crippen LogP contribution in [0.5, 0.6) is 0 Å². The number of benzene rings is 1. The van der Waals surface area contributed by atoms with Gasteiger partial charge in [0.25, 0.3) is 5.91 Å². The minimum atomic E-state index is -1.28. The quantitative estimate of drug-likeness (QED) is 0.483. The summed E-state index contributed by atoms with van der Waals surface area (Å²) in [6.45, 7) is 5.38. The van der Waals surface area contributed by atoms with Crippen LogP contribution < -0.4 is 0 Å². The molecule has 3 aromatic heterocycles. The lowest BCUT2D eigenvalue weighted by Crippen LogP contribution is -2.41. The third kappa shape index (κ3) is 3.20. The largest absolute Gasteiger partial charge is 0.458 e. The van der Waals surface area contributed by atoms with Crippen molar-refractivity contribution in [3.05, 3.63) is 70.6 Å². The molecule has 1 fully saturated rings. The van der Waals surface area contributed by atoms with Gasteiger partial charge >= 0.3 is 0 Å². The molecule has 0 radical (unpaired) electrons. The molecule has 8 heteroatoms. The molecule has 1 aliphatic heterocycles. The van der Waals surface area contributed by atoms with Crippen LogP contribution in [0.25, 0.3) is 11.0 Å². The number of fused-ring (bicyclic) bond motifs is 2. The minimum Gasteiger partial charge on any atom is -0.458 e. The van der Waals surface area contributed by atoms with Crippen molar-refractivity contribution in [1.82, 2.24) is 19.9 Å². The highest BCUT2D eigenvalue weighted by Crippen LogP contribution is 2.50. The van der Waals surface area contributed by atoms with Crippen LogP contribution in [0.3, 0.4) is 0 Å². The Balaban J connectivity index is 1.50. The highest BCUT2D eigenvalue weighted by molar-refractivity contribution is 5.93. The molecule has 1 saturated carbocycles. The molecule has 0 spiro atoms. The number of amides is 1. The Bertz CT molecular complexity index is 1370. The Kier molecular flexibility index (Phi) is 4.32. The molecule has 4 heterocycles. The molecule has 0 unspecified atom stereocenters. The molecule has 1 aliphatic carbocycles. The average Bonchev–Trinajstić information content (AvgIpc) is 3.20. The van der Waals surface area contributed by atoms with Crippen LogP contribution in [0.1, 0.15) is 83.5 Å². The fraction of sp³-hybridized carbons (Fsp3) is 0.400. The van der Waals surface area contributed by atoms with Gasteiger partial charge in [0, 0.05) is 29.6 Å². The van der Waals surface area contributed by atoms with Gasteiger partial charge in [0.05, 0.1) is 17.7 Å². The Hall–Kier alpha value is -3.39. The van der Waals surface area contributed by atoms with Gasteiger partial charge in [-0.15, -0.1) is 0 Å². The fourth-order valence-corrected chi connectivity index (χ4v) is 4.83. The summed E-state index contributed by atoms with van der Waals surface area (Å²) in [6, 6.07) is 7.58. The first kappa shape index (κ1) is 20.2. The molecule has 170 valence electrons. The van der Waals surface area contributed by atoms with E-state index in [-0.39, 0.29) is 17.6 Å². The van der Waals surface area contributed by atoms with Gasteiger partial charge in [-0.2, -0.15) is 0 Å². The van der Waals surface area contributed by atoms with E-state index in [4.69, 9.17) is 8.83 Å². The summed E-state index contributed by atoms with van der Waals surface area (Å²) in [7, 11) is 0. The molecule has 4 aromatic rings. The van der Waals surface area contributed by atoms with Crippen molar-refractivity contribution >= 4 is 16.9 Å². The van der Waals surface area contributed by atoms with Crippen molar-refractivity contribution in [2.45, 2.75) is 57.6 Å². The van der Waals surface area contributed by atoms with Crippen LogP contribution in [0.2, 0.25) is 0 Å². The van der Waals surface area contributed by atoms with Crippen molar-refractivity contribution in [2.75, 3.05) is 6.54 Å². The number of nitrogens with zero attached hydrogens (tertiary/aromatic N) is 3. The first-order chi connectivity index (χ1) is 15.8. The number of rotatable bonds is 4. The van der Waals surface area contributed by atoms with Gasteiger partial charge in [0.2, 0.25) is 11.7 Å². The molecular weight excluding hydrogens is 420 g/mol. The third-order valence-corrected chi connectivity index (χ3v) is 6.60. The summed E-state index contributed by atoms with van der Waals surface area (Å²) in [5, 5.41) is 11.4. The molecule has 2 N–H and O–H groups in total. The number of H-pyrrole nitrogens is 1. The molecule has 1 atom stereocenters. The van der Waals surface area contributed by atoms with Gasteiger partial charge < -0.3 is 23.8 Å². The third-order valence-electron chi connectivity index (χ3n) is 6.60. The summed E-state index contributed by atoms with van der Waals surface area (Å²) in [4.78, 5) is 27.7. The predicted molar refractivity (Wildman–Crippen MR) is 120 cm³/mol. The second kappa shape index (κ2) is 7.05. The Morgan fingerprint density at radius 2 is 2.03 bits per heavy atom. The first-order valence-corrected chi connectivity index (χ1v) is 11.4. The SMILES string of the molecule is Cc1nc(C(C)(C)O)oc1C(=O)N1CCc2[nH]cnc2[C@@H]1c1oc2ccccc2c1C1CC1. The van der Waals surface area contributed by atoms with Crippen molar-refractivity contribution in [1.29, 1.82) is 0 Å². The zero-order chi connectivity index (χ0) is 22.9. The Labute approximate surface area is 190 Å². The van der Waals surface area contributed by atoms with Gasteiger partial charge in [-0.25, -0.2) is 9.97 Å². The first-order valence-electron chi connectivity index (χ1n) is 11.4. The number of aryl methyl sites for hydroxylation is 1. The van der Waals surface area contributed by atoms with E-state index in [2.05, 4.69) is 21.0 Å². The van der Waals surface area contributed by atoms with Gasteiger partial charge in [0.15, 0.2) is 0 Å². The van der Waals surface area contributed by atoms with Crippen LogP contribution in [0, 0.1) is 6.92 Å². The normalized spacial score (nSPS) is 18.7. The van der Waals surface area contributed by atoms with Crippen LogP contribution in [-0.4, -0.2) is 37.4 Å². The van der Waals surface area contributed by atoms with Crippen molar-refractivity contribution in [3.63, 3.8) is 0 Å². The molecule has 1 amide bonds. The number of aromatic nitrogens is 3. The van der Waals surface area contributed by atoms with Crippen LogP contribution in [0.4, 0.5) is 0 Å². The maximum absolute atomic E-state index is 13.8. The zero-order valence-electron chi connectivity index (χ0n) is 18.9. The molecule has 33 heavy (non-hydrogen) atoms. The monoisotopic (exact) mass is 446 g/mol. The summed E-state index contributed by atoms with van der Waals surface area (Å²) in [6.07, 6.45) is 4.56. The molecule has 2 aliphatic rings. The lowest BCUT2D eigenvalue weighted by Gasteiger charge is -2.33. The molecule has 0 saturated heterocycles. The fourth-order valence-electron chi connectivity index (χ4n) is 4.83. The van der Waals surface area contributed by atoms with E-state index in [0.717, 1.165) is 41.0 Å². The Morgan fingerprint density at radius 3 is 2.76 bits per heavy atom. The minimum absolute atomic E-state index is 0.125. The van der Waals surface area contributed by atoms with E-state index in [1.165, 1.54) is 5.56 Å². The number of aliphatic hydroxyl groups is 1.